The zero-order valence-electron chi connectivity index (χ0n) is 10.7. The second kappa shape index (κ2) is 12.1. The van der Waals surface area contributed by atoms with E-state index in [0.29, 0.717) is 6.04 Å². The first-order chi connectivity index (χ1) is 6.76. The van der Waals surface area contributed by atoms with Gasteiger partial charge in [0, 0.05) is 6.04 Å². The van der Waals surface area contributed by atoms with Crippen LogP contribution in [0.3, 0.4) is 0 Å². The Morgan fingerprint density at radius 2 is 1.60 bits per heavy atom. The fourth-order valence-electron chi connectivity index (χ4n) is 1.67. The van der Waals surface area contributed by atoms with Gasteiger partial charge in [0.05, 0.1) is 0 Å². The van der Waals surface area contributed by atoms with Crippen LogP contribution in [0.1, 0.15) is 52.9 Å². The average molecular weight is 234 g/mol. The summed E-state index contributed by atoms with van der Waals surface area (Å²) in [4.78, 5) is 2.61. The highest BCUT2D eigenvalue weighted by Crippen LogP contribution is 2.08. The molecule has 1 unspecified atom stereocenters. The molecule has 0 aliphatic rings. The topological polar surface area (TPSA) is 3.24 Å². The van der Waals surface area contributed by atoms with Crippen LogP contribution in [0.5, 0.6) is 0 Å². The number of unbranched alkanes of at least 4 members (excludes halogenated alkanes) is 2. The van der Waals surface area contributed by atoms with Crippen molar-refractivity contribution in [2.45, 2.75) is 58.9 Å². The van der Waals surface area contributed by atoms with E-state index in [1.807, 2.05) is 6.08 Å². The molecule has 0 radical (unpaired) electrons. The highest BCUT2D eigenvalue weighted by molar-refractivity contribution is 5.85. The number of nitrogens with zero attached hydrogens (tertiary/aromatic N) is 1. The first-order valence-corrected chi connectivity index (χ1v) is 6.11. The van der Waals surface area contributed by atoms with Crippen LogP contribution in [-0.4, -0.2) is 24.0 Å². The lowest BCUT2D eigenvalue weighted by Crippen LogP contribution is -2.34. The molecular formula is C13H28ClN. The van der Waals surface area contributed by atoms with Crippen LogP contribution < -0.4 is 0 Å². The molecule has 0 aliphatic heterocycles. The van der Waals surface area contributed by atoms with Gasteiger partial charge in [-0.1, -0.05) is 32.8 Å². The smallest absolute Gasteiger partial charge is 0.0101 e. The standard InChI is InChI=1S/C13H27N.ClH/c1-5-8-11-14(12-9-6-2)13(4)10-7-3;/h7,13H,3,5-6,8-12H2,1-2,4H3;1H. The monoisotopic (exact) mass is 233 g/mol. The molecule has 0 amide bonds. The van der Waals surface area contributed by atoms with Gasteiger partial charge in [-0.25, -0.2) is 0 Å². The molecule has 0 bridgehead atoms. The van der Waals surface area contributed by atoms with E-state index in [-0.39, 0.29) is 12.4 Å². The molecule has 0 N–H and O–H groups in total. The highest BCUT2D eigenvalue weighted by Gasteiger charge is 2.10. The molecule has 1 nitrogen and oxygen atoms in total. The van der Waals surface area contributed by atoms with Crippen LogP contribution in [0.25, 0.3) is 0 Å². The molecule has 0 rings (SSSR count). The van der Waals surface area contributed by atoms with E-state index in [2.05, 4.69) is 32.3 Å². The fraction of sp³-hybridized carbons (Fsp3) is 0.846. The van der Waals surface area contributed by atoms with Crippen molar-refractivity contribution in [3.8, 4) is 0 Å². The summed E-state index contributed by atoms with van der Waals surface area (Å²) in [6.07, 6.45) is 8.40. The molecular weight excluding hydrogens is 206 g/mol. The Morgan fingerprint density at radius 3 is 1.93 bits per heavy atom. The lowest BCUT2D eigenvalue weighted by atomic mass is 10.1. The molecule has 15 heavy (non-hydrogen) atoms. The molecule has 0 aromatic heterocycles. The summed E-state index contributed by atoms with van der Waals surface area (Å²) in [6.45, 7) is 13.2. The molecule has 0 aliphatic carbocycles. The summed E-state index contributed by atoms with van der Waals surface area (Å²) in [5.74, 6) is 0. The Balaban J connectivity index is 0. The van der Waals surface area contributed by atoms with E-state index in [1.54, 1.807) is 0 Å². The van der Waals surface area contributed by atoms with Gasteiger partial charge in [-0.05, 0) is 39.3 Å². The molecule has 0 fully saturated rings. The Hall–Kier alpha value is -0.0100. The summed E-state index contributed by atoms with van der Waals surface area (Å²) in [7, 11) is 0. The second-order valence-corrected chi connectivity index (χ2v) is 4.12. The Kier molecular flexibility index (Phi) is 14.0. The van der Waals surface area contributed by atoms with Crippen LogP contribution in [0, 0.1) is 0 Å². The first-order valence-electron chi connectivity index (χ1n) is 6.11. The van der Waals surface area contributed by atoms with Crippen molar-refractivity contribution in [3.05, 3.63) is 12.7 Å². The molecule has 0 saturated carbocycles. The Morgan fingerprint density at radius 1 is 1.13 bits per heavy atom. The predicted molar refractivity (Wildman–Crippen MR) is 72.9 cm³/mol. The van der Waals surface area contributed by atoms with Crippen LogP contribution in [0.4, 0.5) is 0 Å². The molecule has 0 aromatic carbocycles. The van der Waals surface area contributed by atoms with Crippen molar-refractivity contribution in [1.82, 2.24) is 4.90 Å². The Labute approximate surface area is 102 Å². The highest BCUT2D eigenvalue weighted by atomic mass is 35.5. The van der Waals surface area contributed by atoms with Crippen molar-refractivity contribution in [1.29, 1.82) is 0 Å². The third-order valence-electron chi connectivity index (χ3n) is 2.73. The molecule has 0 spiro atoms. The van der Waals surface area contributed by atoms with E-state index in [9.17, 15) is 0 Å². The predicted octanol–water partition coefficient (Wildman–Crippen LogP) is 4.28. The lowest BCUT2D eigenvalue weighted by molar-refractivity contribution is 0.203. The van der Waals surface area contributed by atoms with Crippen molar-refractivity contribution < 1.29 is 0 Å². The molecule has 1 atom stereocenters. The zero-order valence-corrected chi connectivity index (χ0v) is 11.5. The maximum atomic E-state index is 3.82. The van der Waals surface area contributed by atoms with Crippen molar-refractivity contribution >= 4 is 12.4 Å². The summed E-state index contributed by atoms with van der Waals surface area (Å²) in [5, 5.41) is 0. The number of rotatable bonds is 9. The van der Waals surface area contributed by atoms with Crippen LogP contribution in [0.15, 0.2) is 12.7 Å². The molecule has 92 valence electrons. The number of hydrogen-bond acceptors (Lipinski definition) is 1. The molecule has 0 aromatic rings. The van der Waals surface area contributed by atoms with Crippen LogP contribution in [-0.2, 0) is 0 Å². The third-order valence-corrected chi connectivity index (χ3v) is 2.73. The van der Waals surface area contributed by atoms with E-state index in [4.69, 9.17) is 0 Å². The average Bonchev–Trinajstić information content (AvgIpc) is 2.18. The van der Waals surface area contributed by atoms with E-state index in [0.717, 1.165) is 6.42 Å². The SMILES string of the molecule is C=CCC(C)N(CCCC)CCCC.Cl. The molecule has 0 saturated heterocycles. The minimum Gasteiger partial charge on any atom is -0.300 e. The minimum atomic E-state index is 0. The third kappa shape index (κ3) is 8.95. The van der Waals surface area contributed by atoms with Gasteiger partial charge in [0.1, 0.15) is 0 Å². The Bertz CT molecular complexity index is 128. The summed E-state index contributed by atoms with van der Waals surface area (Å²) >= 11 is 0. The van der Waals surface area contributed by atoms with Gasteiger partial charge < -0.3 is 4.90 Å². The van der Waals surface area contributed by atoms with Crippen LogP contribution in [0.2, 0.25) is 0 Å². The van der Waals surface area contributed by atoms with Crippen LogP contribution >= 0.6 is 12.4 Å². The fourth-order valence-corrected chi connectivity index (χ4v) is 1.67. The summed E-state index contributed by atoms with van der Waals surface area (Å²) in [5.41, 5.74) is 0. The maximum Gasteiger partial charge on any atom is 0.0101 e. The zero-order chi connectivity index (χ0) is 10.8. The van der Waals surface area contributed by atoms with Gasteiger partial charge in [-0.2, -0.15) is 0 Å². The minimum absolute atomic E-state index is 0. The number of halogens is 1. The summed E-state index contributed by atoms with van der Waals surface area (Å²) in [6, 6.07) is 0.672. The van der Waals surface area contributed by atoms with Gasteiger partial charge in [-0.15, -0.1) is 19.0 Å². The quantitative estimate of drug-likeness (QED) is 0.538. The van der Waals surface area contributed by atoms with E-state index >= 15 is 0 Å². The van der Waals surface area contributed by atoms with Gasteiger partial charge in [0.25, 0.3) is 0 Å². The van der Waals surface area contributed by atoms with Gasteiger partial charge in [0.2, 0.25) is 0 Å². The van der Waals surface area contributed by atoms with Crippen molar-refractivity contribution in [3.63, 3.8) is 0 Å². The lowest BCUT2D eigenvalue weighted by Gasteiger charge is -2.28. The molecule has 0 heterocycles. The first kappa shape index (κ1) is 17.4. The molecule has 2 heteroatoms. The van der Waals surface area contributed by atoms with Crippen molar-refractivity contribution in [2.24, 2.45) is 0 Å². The summed E-state index contributed by atoms with van der Waals surface area (Å²) < 4.78 is 0. The van der Waals surface area contributed by atoms with Gasteiger partial charge in [0.15, 0.2) is 0 Å². The number of hydrogen-bond donors (Lipinski definition) is 0. The maximum absolute atomic E-state index is 3.82. The van der Waals surface area contributed by atoms with Crippen molar-refractivity contribution in [2.75, 3.05) is 13.1 Å². The second-order valence-electron chi connectivity index (χ2n) is 4.12. The van der Waals surface area contributed by atoms with Gasteiger partial charge >= 0.3 is 0 Å². The van der Waals surface area contributed by atoms with E-state index < -0.39 is 0 Å². The van der Waals surface area contributed by atoms with Gasteiger partial charge in [-0.3, -0.25) is 0 Å². The largest absolute Gasteiger partial charge is 0.300 e. The van der Waals surface area contributed by atoms with E-state index in [1.165, 1.54) is 38.8 Å². The normalized spacial score (nSPS) is 12.3.